The molecule has 3 aromatic carbocycles. The van der Waals surface area contributed by atoms with Gasteiger partial charge in [-0.05, 0) is 59.6 Å². The lowest BCUT2D eigenvalue weighted by Gasteiger charge is -2.04. The van der Waals surface area contributed by atoms with E-state index in [4.69, 9.17) is 9.68 Å². The standard InChI is InChI=1S/C23H17N3O2S/c1-15-11-19(25-21(27)13-29-14-24)12-20-22(15)28-23(26-20)18-9-7-17(8-10-18)16-5-3-2-4-6-16/h2-12H,13H2,1H3,(H,25,27). The van der Waals surface area contributed by atoms with Crippen molar-refractivity contribution in [1.82, 2.24) is 4.98 Å². The first-order valence-corrected chi connectivity index (χ1v) is 10.0. The molecule has 4 aromatic rings. The van der Waals surface area contributed by atoms with Crippen LogP contribution in [0.1, 0.15) is 5.56 Å². The molecule has 5 nitrogen and oxygen atoms in total. The van der Waals surface area contributed by atoms with Gasteiger partial charge in [-0.25, -0.2) is 4.98 Å². The molecule has 4 rings (SSSR count). The highest BCUT2D eigenvalue weighted by atomic mass is 32.2. The van der Waals surface area contributed by atoms with Gasteiger partial charge in [0.25, 0.3) is 0 Å². The van der Waals surface area contributed by atoms with Crippen molar-refractivity contribution in [2.75, 3.05) is 11.1 Å². The quantitative estimate of drug-likeness (QED) is 0.440. The summed E-state index contributed by atoms with van der Waals surface area (Å²) in [5.41, 5.74) is 6.05. The molecule has 1 N–H and O–H groups in total. The van der Waals surface area contributed by atoms with Crippen molar-refractivity contribution in [3.63, 3.8) is 0 Å². The Labute approximate surface area is 172 Å². The van der Waals surface area contributed by atoms with Gasteiger partial charge in [-0.2, -0.15) is 5.26 Å². The summed E-state index contributed by atoms with van der Waals surface area (Å²) in [6, 6.07) is 21.9. The molecule has 0 unspecified atom stereocenters. The first kappa shape index (κ1) is 18.8. The van der Waals surface area contributed by atoms with E-state index in [1.807, 2.05) is 60.9 Å². The number of nitrogens with one attached hydrogen (secondary N) is 1. The molecule has 0 bridgehead atoms. The van der Waals surface area contributed by atoms with Crippen LogP contribution in [0.2, 0.25) is 0 Å². The highest BCUT2D eigenvalue weighted by molar-refractivity contribution is 8.04. The number of oxazole rings is 1. The summed E-state index contributed by atoms with van der Waals surface area (Å²) in [4.78, 5) is 16.5. The number of nitriles is 1. The summed E-state index contributed by atoms with van der Waals surface area (Å²) in [5, 5.41) is 13.3. The number of hydrogen-bond acceptors (Lipinski definition) is 5. The minimum absolute atomic E-state index is 0.0887. The van der Waals surface area contributed by atoms with Crippen molar-refractivity contribution in [3.8, 4) is 28.0 Å². The van der Waals surface area contributed by atoms with Crippen molar-refractivity contribution in [3.05, 3.63) is 72.3 Å². The Balaban J connectivity index is 1.61. The van der Waals surface area contributed by atoms with Crippen LogP contribution in [0.15, 0.2) is 71.1 Å². The molecule has 29 heavy (non-hydrogen) atoms. The topological polar surface area (TPSA) is 78.9 Å². The van der Waals surface area contributed by atoms with Gasteiger partial charge >= 0.3 is 0 Å². The van der Waals surface area contributed by atoms with E-state index < -0.39 is 0 Å². The molecule has 0 radical (unpaired) electrons. The van der Waals surface area contributed by atoms with Gasteiger partial charge in [0.2, 0.25) is 11.8 Å². The van der Waals surface area contributed by atoms with Gasteiger partial charge in [0.15, 0.2) is 5.58 Å². The summed E-state index contributed by atoms with van der Waals surface area (Å²) < 4.78 is 5.98. The van der Waals surface area contributed by atoms with E-state index in [1.54, 1.807) is 6.07 Å². The third-order valence-corrected chi connectivity index (χ3v) is 5.00. The number of aromatic nitrogens is 1. The molecule has 0 atom stereocenters. The Morgan fingerprint density at radius 1 is 1.07 bits per heavy atom. The lowest BCUT2D eigenvalue weighted by Crippen LogP contribution is -2.13. The smallest absolute Gasteiger partial charge is 0.235 e. The number of fused-ring (bicyclic) bond motifs is 1. The van der Waals surface area contributed by atoms with Crippen LogP contribution in [0.5, 0.6) is 0 Å². The van der Waals surface area contributed by atoms with E-state index >= 15 is 0 Å². The molecule has 1 aromatic heterocycles. The molecule has 0 aliphatic carbocycles. The minimum Gasteiger partial charge on any atom is -0.436 e. The number of amides is 1. The van der Waals surface area contributed by atoms with Gasteiger partial charge in [0.1, 0.15) is 10.9 Å². The summed E-state index contributed by atoms with van der Waals surface area (Å²) in [7, 11) is 0. The number of nitrogens with zero attached hydrogens (tertiary/aromatic N) is 2. The van der Waals surface area contributed by atoms with Crippen LogP contribution in [-0.4, -0.2) is 16.6 Å². The second kappa shape index (κ2) is 8.21. The van der Waals surface area contributed by atoms with Gasteiger partial charge in [-0.15, -0.1) is 0 Å². The van der Waals surface area contributed by atoms with Crippen LogP contribution in [-0.2, 0) is 4.79 Å². The van der Waals surface area contributed by atoms with Crippen LogP contribution in [0.3, 0.4) is 0 Å². The van der Waals surface area contributed by atoms with Crippen molar-refractivity contribution in [2.45, 2.75) is 6.92 Å². The molecule has 0 aliphatic heterocycles. The number of benzene rings is 3. The van der Waals surface area contributed by atoms with E-state index in [2.05, 4.69) is 22.4 Å². The van der Waals surface area contributed by atoms with E-state index in [9.17, 15) is 4.79 Å². The zero-order chi connectivity index (χ0) is 20.2. The van der Waals surface area contributed by atoms with Gasteiger partial charge in [-0.1, -0.05) is 42.5 Å². The Morgan fingerprint density at radius 2 is 1.76 bits per heavy atom. The zero-order valence-corrected chi connectivity index (χ0v) is 16.5. The fraction of sp³-hybridized carbons (Fsp3) is 0.0870. The van der Waals surface area contributed by atoms with Crippen LogP contribution in [0, 0.1) is 17.6 Å². The highest BCUT2D eigenvalue weighted by Crippen LogP contribution is 2.30. The number of thioether (sulfide) groups is 1. The summed E-state index contributed by atoms with van der Waals surface area (Å²) in [5.74, 6) is 0.396. The second-order valence-electron chi connectivity index (χ2n) is 6.53. The summed E-state index contributed by atoms with van der Waals surface area (Å²) in [6.45, 7) is 1.91. The average molecular weight is 399 g/mol. The molecule has 0 saturated carbocycles. The fourth-order valence-corrected chi connectivity index (χ4v) is 3.39. The van der Waals surface area contributed by atoms with Gasteiger partial charge in [0, 0.05) is 11.3 Å². The maximum atomic E-state index is 11.9. The van der Waals surface area contributed by atoms with Crippen molar-refractivity contribution < 1.29 is 9.21 Å². The van der Waals surface area contributed by atoms with Gasteiger partial charge in [-0.3, -0.25) is 4.79 Å². The molecule has 0 saturated heterocycles. The largest absolute Gasteiger partial charge is 0.436 e. The van der Waals surface area contributed by atoms with E-state index in [1.165, 1.54) is 0 Å². The molecule has 0 aliphatic rings. The van der Waals surface area contributed by atoms with Crippen LogP contribution >= 0.6 is 11.8 Å². The van der Waals surface area contributed by atoms with Crippen LogP contribution < -0.4 is 5.32 Å². The molecule has 1 amide bonds. The lowest BCUT2D eigenvalue weighted by molar-refractivity contribution is -0.113. The SMILES string of the molecule is Cc1cc(NC(=O)CSC#N)cc2nc(-c3ccc(-c4ccccc4)cc3)oc12. The van der Waals surface area contributed by atoms with E-state index in [0.717, 1.165) is 34.0 Å². The second-order valence-corrected chi connectivity index (χ2v) is 7.29. The normalized spacial score (nSPS) is 10.6. The molecule has 1 heterocycles. The predicted octanol–water partition coefficient (Wildman–Crippen LogP) is 5.62. The first-order valence-electron chi connectivity index (χ1n) is 9.02. The number of rotatable bonds is 5. The Kier molecular flexibility index (Phi) is 5.32. The van der Waals surface area contributed by atoms with Crippen LogP contribution in [0.25, 0.3) is 33.7 Å². The molecular formula is C23H17N3O2S. The Bertz CT molecular complexity index is 1210. The predicted molar refractivity (Wildman–Crippen MR) is 116 cm³/mol. The maximum absolute atomic E-state index is 11.9. The molecular weight excluding hydrogens is 382 g/mol. The summed E-state index contributed by atoms with van der Waals surface area (Å²) >= 11 is 0.904. The minimum atomic E-state index is -0.226. The first-order chi connectivity index (χ1) is 14.1. The molecule has 6 heteroatoms. The molecule has 142 valence electrons. The summed E-state index contributed by atoms with van der Waals surface area (Å²) in [6.07, 6.45) is 0. The number of carbonyl (C=O) groups excluding carboxylic acids is 1. The zero-order valence-electron chi connectivity index (χ0n) is 15.7. The number of anilines is 1. The molecule has 0 spiro atoms. The lowest BCUT2D eigenvalue weighted by atomic mass is 10.0. The average Bonchev–Trinajstić information content (AvgIpc) is 3.18. The fourth-order valence-electron chi connectivity index (χ4n) is 3.13. The number of thiocyanates is 1. The number of hydrogen-bond donors (Lipinski definition) is 1. The monoisotopic (exact) mass is 399 g/mol. The Hall–Kier alpha value is -3.56. The Morgan fingerprint density at radius 3 is 2.48 bits per heavy atom. The van der Waals surface area contributed by atoms with Gasteiger partial charge in [0.05, 0.1) is 5.75 Å². The van der Waals surface area contributed by atoms with Crippen molar-refractivity contribution in [2.24, 2.45) is 0 Å². The highest BCUT2D eigenvalue weighted by Gasteiger charge is 2.13. The van der Waals surface area contributed by atoms with Gasteiger partial charge < -0.3 is 9.73 Å². The van der Waals surface area contributed by atoms with Crippen LogP contribution in [0.4, 0.5) is 5.69 Å². The number of aryl methyl sites for hydroxylation is 1. The van der Waals surface area contributed by atoms with Crippen molar-refractivity contribution in [1.29, 1.82) is 5.26 Å². The molecule has 0 fully saturated rings. The number of carbonyl (C=O) groups is 1. The van der Waals surface area contributed by atoms with E-state index in [0.29, 0.717) is 22.7 Å². The third-order valence-electron chi connectivity index (χ3n) is 4.47. The van der Waals surface area contributed by atoms with Crippen molar-refractivity contribution >= 4 is 34.5 Å². The third kappa shape index (κ3) is 4.15. The maximum Gasteiger partial charge on any atom is 0.235 e. The van der Waals surface area contributed by atoms with E-state index in [-0.39, 0.29) is 11.7 Å².